The van der Waals surface area contributed by atoms with Gasteiger partial charge in [-0.25, -0.2) is 8.42 Å². The molecule has 3 aromatic carbocycles. The molecule has 0 radical (unpaired) electrons. The van der Waals surface area contributed by atoms with Gasteiger partial charge < -0.3 is 9.30 Å². The molecule has 1 saturated heterocycles. The van der Waals surface area contributed by atoms with Crippen LogP contribution in [0.15, 0.2) is 70.6 Å². The molecule has 4 aromatic rings. The molecule has 1 fully saturated rings. The summed E-state index contributed by atoms with van der Waals surface area (Å²) in [5.74, 6) is -0.403. The summed E-state index contributed by atoms with van der Waals surface area (Å²) < 4.78 is 36.4. The largest absolute Gasteiger partial charge is 0.380 e. The van der Waals surface area contributed by atoms with Crippen molar-refractivity contribution in [2.24, 2.45) is 4.99 Å². The fraction of sp³-hybridized carbons (Fsp3) is 0.357. The average Bonchev–Trinajstić information content (AvgIpc) is 3.07. The fourth-order valence-corrected chi connectivity index (χ4v) is 7.46. The molecule has 5 rings (SSSR count). The van der Waals surface area contributed by atoms with E-state index >= 15 is 0 Å². The number of thiazole rings is 1. The van der Waals surface area contributed by atoms with Crippen LogP contribution in [-0.2, 0) is 21.3 Å². The number of rotatable bonds is 7. The first-order valence-electron chi connectivity index (χ1n) is 12.8. The third kappa shape index (κ3) is 5.40. The van der Waals surface area contributed by atoms with Crippen molar-refractivity contribution in [3.05, 3.63) is 71.0 Å². The molecular weight excluding hydrogens is 506 g/mol. The summed E-state index contributed by atoms with van der Waals surface area (Å²) in [6.07, 6.45) is 3.86. The summed E-state index contributed by atoms with van der Waals surface area (Å²) in [7, 11) is -3.57. The van der Waals surface area contributed by atoms with Gasteiger partial charge in [0.1, 0.15) is 0 Å². The molecule has 1 amide bonds. The van der Waals surface area contributed by atoms with Crippen LogP contribution in [0.2, 0.25) is 0 Å². The molecule has 0 unspecified atom stereocenters. The van der Waals surface area contributed by atoms with Crippen molar-refractivity contribution in [3.63, 3.8) is 0 Å². The standard InChI is InChI=1S/C28H31N3O4S2/c1-2-35-20-19-31-25-16-13-21-9-5-6-10-24(21)26(25)36-28(31)29-27(32)22-11-14-23(15-12-22)37(33,34)30-17-7-3-4-8-18-30/h5-6,9-16H,2-4,7-8,17-20H2,1H3. The number of nitrogens with zero attached hydrogens (tertiary/aromatic N) is 3. The molecule has 0 bridgehead atoms. The highest BCUT2D eigenvalue weighted by Crippen LogP contribution is 2.28. The number of aromatic nitrogens is 1. The third-order valence-corrected chi connectivity index (χ3v) is 9.78. The Labute approximate surface area is 221 Å². The lowest BCUT2D eigenvalue weighted by Crippen LogP contribution is -2.31. The van der Waals surface area contributed by atoms with Crippen LogP contribution in [0, 0.1) is 0 Å². The molecular formula is C28H31N3O4S2. The number of sulfonamides is 1. The van der Waals surface area contributed by atoms with Gasteiger partial charge in [0.2, 0.25) is 10.0 Å². The summed E-state index contributed by atoms with van der Waals surface area (Å²) in [5.41, 5.74) is 1.36. The van der Waals surface area contributed by atoms with E-state index in [9.17, 15) is 13.2 Å². The highest BCUT2D eigenvalue weighted by atomic mass is 32.2. The first-order valence-corrected chi connectivity index (χ1v) is 15.0. The predicted molar refractivity (Wildman–Crippen MR) is 147 cm³/mol. The van der Waals surface area contributed by atoms with Crippen molar-refractivity contribution in [2.75, 3.05) is 26.3 Å². The molecule has 1 aromatic heterocycles. The SMILES string of the molecule is CCOCCn1c(=NC(=O)c2ccc(S(=O)(=O)N3CCCCCC3)cc2)sc2c3ccccc3ccc21. The smallest absolute Gasteiger partial charge is 0.279 e. The minimum Gasteiger partial charge on any atom is -0.380 e. The Morgan fingerprint density at radius 2 is 1.70 bits per heavy atom. The molecule has 194 valence electrons. The maximum Gasteiger partial charge on any atom is 0.279 e. The second-order valence-electron chi connectivity index (χ2n) is 9.13. The first kappa shape index (κ1) is 25.8. The van der Waals surface area contributed by atoms with Crippen molar-refractivity contribution in [1.29, 1.82) is 0 Å². The van der Waals surface area contributed by atoms with Gasteiger partial charge in [0, 0.05) is 37.2 Å². The zero-order chi connectivity index (χ0) is 25.8. The van der Waals surface area contributed by atoms with Crippen molar-refractivity contribution in [2.45, 2.75) is 44.0 Å². The van der Waals surface area contributed by atoms with E-state index in [0.717, 1.165) is 46.7 Å². The maximum absolute atomic E-state index is 13.2. The summed E-state index contributed by atoms with van der Waals surface area (Å²) in [4.78, 5) is 18.5. The zero-order valence-corrected chi connectivity index (χ0v) is 22.6. The lowest BCUT2D eigenvalue weighted by Gasteiger charge is -2.19. The molecule has 37 heavy (non-hydrogen) atoms. The summed E-state index contributed by atoms with van der Waals surface area (Å²) >= 11 is 1.48. The van der Waals surface area contributed by atoms with Crippen LogP contribution < -0.4 is 4.80 Å². The predicted octanol–water partition coefficient (Wildman–Crippen LogP) is 5.20. The molecule has 0 aliphatic carbocycles. The highest BCUT2D eigenvalue weighted by Gasteiger charge is 2.25. The van der Waals surface area contributed by atoms with E-state index in [0.29, 0.717) is 43.2 Å². The summed E-state index contributed by atoms with van der Waals surface area (Å²) in [5, 5.41) is 2.25. The van der Waals surface area contributed by atoms with Crippen molar-refractivity contribution in [1.82, 2.24) is 8.87 Å². The molecule has 0 atom stereocenters. The number of amides is 1. The van der Waals surface area contributed by atoms with Gasteiger partial charge in [-0.3, -0.25) is 4.79 Å². The molecule has 0 N–H and O–H groups in total. The lowest BCUT2D eigenvalue weighted by molar-refractivity contribution is 0.0996. The van der Waals surface area contributed by atoms with Gasteiger partial charge in [-0.1, -0.05) is 54.5 Å². The quantitative estimate of drug-likeness (QED) is 0.304. The van der Waals surface area contributed by atoms with E-state index in [4.69, 9.17) is 4.74 Å². The number of hydrogen-bond donors (Lipinski definition) is 0. The fourth-order valence-electron chi connectivity index (χ4n) is 4.75. The normalized spacial score (nSPS) is 15.9. The monoisotopic (exact) mass is 537 g/mol. The second-order valence-corrected chi connectivity index (χ2v) is 12.0. The minimum atomic E-state index is -3.57. The van der Waals surface area contributed by atoms with Gasteiger partial charge in [-0.2, -0.15) is 9.30 Å². The van der Waals surface area contributed by atoms with Crippen LogP contribution >= 0.6 is 11.3 Å². The Bertz CT molecular complexity index is 1580. The molecule has 1 aliphatic heterocycles. The molecule has 0 spiro atoms. The molecule has 7 nitrogen and oxygen atoms in total. The van der Waals surface area contributed by atoms with Crippen LogP contribution in [0.4, 0.5) is 0 Å². The van der Waals surface area contributed by atoms with E-state index in [2.05, 4.69) is 29.3 Å². The number of ether oxygens (including phenoxy) is 1. The van der Waals surface area contributed by atoms with Crippen molar-refractivity contribution >= 4 is 48.3 Å². The van der Waals surface area contributed by atoms with E-state index < -0.39 is 15.9 Å². The highest BCUT2D eigenvalue weighted by molar-refractivity contribution is 7.89. The average molecular weight is 538 g/mol. The van der Waals surface area contributed by atoms with Crippen molar-refractivity contribution in [3.8, 4) is 0 Å². The summed E-state index contributed by atoms with van der Waals surface area (Å²) in [6, 6.07) is 18.5. The van der Waals surface area contributed by atoms with Crippen LogP contribution in [0.25, 0.3) is 21.0 Å². The van der Waals surface area contributed by atoms with Gasteiger partial charge in [0.25, 0.3) is 5.91 Å². The first-order chi connectivity index (χ1) is 18.0. The van der Waals surface area contributed by atoms with Crippen LogP contribution in [0.5, 0.6) is 0 Å². The Hall–Kier alpha value is -2.85. The Kier molecular flexibility index (Phi) is 7.85. The van der Waals surface area contributed by atoms with Crippen LogP contribution in [-0.4, -0.2) is 49.5 Å². The van der Waals surface area contributed by atoms with Gasteiger partial charge >= 0.3 is 0 Å². The van der Waals surface area contributed by atoms with Gasteiger partial charge in [0.05, 0.1) is 21.7 Å². The van der Waals surface area contributed by atoms with Gasteiger partial charge in [-0.15, -0.1) is 0 Å². The van der Waals surface area contributed by atoms with Crippen LogP contribution in [0.3, 0.4) is 0 Å². The van der Waals surface area contributed by atoms with Crippen molar-refractivity contribution < 1.29 is 17.9 Å². The van der Waals surface area contributed by atoms with E-state index in [-0.39, 0.29) is 4.90 Å². The lowest BCUT2D eigenvalue weighted by atomic mass is 10.1. The molecule has 1 aliphatic rings. The number of carbonyl (C=O) groups is 1. The minimum absolute atomic E-state index is 0.214. The Morgan fingerprint density at radius 1 is 0.973 bits per heavy atom. The van der Waals surface area contributed by atoms with E-state index in [1.165, 1.54) is 23.5 Å². The van der Waals surface area contributed by atoms with Gasteiger partial charge in [0.15, 0.2) is 4.80 Å². The Morgan fingerprint density at radius 3 is 2.43 bits per heavy atom. The maximum atomic E-state index is 13.2. The summed E-state index contributed by atoms with van der Waals surface area (Å²) in [6.45, 7) is 4.74. The van der Waals surface area contributed by atoms with Gasteiger partial charge in [-0.05, 0) is 55.5 Å². The topological polar surface area (TPSA) is 81.0 Å². The molecule has 2 heterocycles. The number of benzene rings is 3. The molecule has 9 heteroatoms. The molecule has 0 saturated carbocycles. The van der Waals surface area contributed by atoms with E-state index in [1.807, 2.05) is 23.6 Å². The van der Waals surface area contributed by atoms with Crippen LogP contribution in [0.1, 0.15) is 43.0 Å². The number of fused-ring (bicyclic) bond motifs is 3. The third-order valence-electron chi connectivity index (χ3n) is 6.74. The number of carbonyl (C=O) groups excluding carboxylic acids is 1. The van der Waals surface area contributed by atoms with E-state index in [1.54, 1.807) is 16.4 Å². The number of hydrogen-bond acceptors (Lipinski definition) is 5. The zero-order valence-electron chi connectivity index (χ0n) is 20.9. The second kappa shape index (κ2) is 11.3. The Balaban J connectivity index is 1.49.